The van der Waals surface area contributed by atoms with E-state index < -0.39 is 0 Å². The van der Waals surface area contributed by atoms with Crippen LogP contribution in [-0.2, 0) is 0 Å². The van der Waals surface area contributed by atoms with Crippen molar-refractivity contribution in [1.82, 2.24) is 4.90 Å². The average Bonchev–Trinajstić information content (AvgIpc) is 2.35. The number of rotatable bonds is 7. The van der Waals surface area contributed by atoms with Gasteiger partial charge in [0.1, 0.15) is 0 Å². The largest absolute Gasteiger partial charge is 0.393 e. The van der Waals surface area contributed by atoms with Gasteiger partial charge < -0.3 is 10.0 Å². The maximum atomic E-state index is 10.1. The highest BCUT2D eigenvalue weighted by Crippen LogP contribution is 2.26. The Morgan fingerprint density at radius 1 is 1.24 bits per heavy atom. The smallest absolute Gasteiger partial charge is 0.0580 e. The van der Waals surface area contributed by atoms with Gasteiger partial charge in [-0.2, -0.15) is 0 Å². The molecule has 0 amide bonds. The zero-order chi connectivity index (χ0) is 12.7. The van der Waals surface area contributed by atoms with Crippen molar-refractivity contribution in [2.45, 2.75) is 77.9 Å². The lowest BCUT2D eigenvalue weighted by Crippen LogP contribution is -2.41. The number of aliphatic hydroxyl groups excluding tert-OH is 1. The molecule has 1 rings (SSSR count). The summed E-state index contributed by atoms with van der Waals surface area (Å²) in [6.45, 7) is 9.15. The van der Waals surface area contributed by atoms with Crippen LogP contribution in [0.3, 0.4) is 0 Å². The minimum atomic E-state index is -0.0445. The van der Waals surface area contributed by atoms with Crippen molar-refractivity contribution in [2.75, 3.05) is 13.1 Å². The summed E-state index contributed by atoms with van der Waals surface area (Å²) in [6, 6.07) is 0.663. The Kier molecular flexibility index (Phi) is 7.14. The normalized spacial score (nSPS) is 27.4. The van der Waals surface area contributed by atoms with Gasteiger partial charge in [0.25, 0.3) is 0 Å². The minimum absolute atomic E-state index is 0.0445. The van der Waals surface area contributed by atoms with Gasteiger partial charge in [0.05, 0.1) is 6.10 Å². The van der Waals surface area contributed by atoms with Gasteiger partial charge in [-0.1, -0.05) is 33.1 Å². The van der Waals surface area contributed by atoms with Crippen LogP contribution in [0.25, 0.3) is 0 Å². The Morgan fingerprint density at radius 2 is 1.94 bits per heavy atom. The molecule has 3 atom stereocenters. The molecule has 0 heterocycles. The van der Waals surface area contributed by atoms with E-state index in [0.29, 0.717) is 12.0 Å². The van der Waals surface area contributed by atoms with Crippen molar-refractivity contribution in [1.29, 1.82) is 0 Å². The fourth-order valence-corrected chi connectivity index (χ4v) is 2.81. The van der Waals surface area contributed by atoms with E-state index in [1.165, 1.54) is 45.1 Å². The van der Waals surface area contributed by atoms with Gasteiger partial charge in [0.2, 0.25) is 0 Å². The predicted molar refractivity (Wildman–Crippen MR) is 74.2 cm³/mol. The molecule has 17 heavy (non-hydrogen) atoms. The molecule has 1 aliphatic rings. The molecule has 3 unspecified atom stereocenters. The Morgan fingerprint density at radius 3 is 2.53 bits per heavy atom. The Hall–Kier alpha value is -0.0800. The van der Waals surface area contributed by atoms with Gasteiger partial charge in [-0.25, -0.2) is 0 Å². The molecule has 102 valence electrons. The van der Waals surface area contributed by atoms with Crippen LogP contribution in [0.2, 0.25) is 0 Å². The molecule has 1 fully saturated rings. The van der Waals surface area contributed by atoms with Crippen molar-refractivity contribution in [3.63, 3.8) is 0 Å². The Labute approximate surface area is 107 Å². The van der Waals surface area contributed by atoms with Crippen LogP contribution in [0.4, 0.5) is 0 Å². The summed E-state index contributed by atoms with van der Waals surface area (Å²) >= 11 is 0. The van der Waals surface area contributed by atoms with Crippen molar-refractivity contribution >= 4 is 0 Å². The van der Waals surface area contributed by atoms with Crippen LogP contribution >= 0.6 is 0 Å². The van der Waals surface area contributed by atoms with Crippen LogP contribution < -0.4 is 0 Å². The van der Waals surface area contributed by atoms with Gasteiger partial charge >= 0.3 is 0 Å². The van der Waals surface area contributed by atoms with E-state index in [1.807, 2.05) is 0 Å². The molecule has 1 N–H and O–H groups in total. The second-order valence-corrected chi connectivity index (χ2v) is 5.72. The van der Waals surface area contributed by atoms with Crippen LogP contribution in [0.5, 0.6) is 0 Å². The highest BCUT2D eigenvalue weighted by Gasteiger charge is 2.26. The van der Waals surface area contributed by atoms with Gasteiger partial charge in [0.15, 0.2) is 0 Å². The zero-order valence-electron chi connectivity index (χ0n) is 12.0. The van der Waals surface area contributed by atoms with E-state index in [-0.39, 0.29) is 6.10 Å². The van der Waals surface area contributed by atoms with E-state index in [0.717, 1.165) is 13.0 Å². The number of nitrogens with zero attached hydrogens (tertiary/aromatic N) is 1. The van der Waals surface area contributed by atoms with E-state index in [1.54, 1.807) is 0 Å². The van der Waals surface area contributed by atoms with Gasteiger partial charge in [-0.3, -0.25) is 0 Å². The molecule has 0 aromatic heterocycles. The maximum absolute atomic E-state index is 10.1. The lowest BCUT2D eigenvalue weighted by Gasteiger charge is -2.36. The second-order valence-electron chi connectivity index (χ2n) is 5.72. The second kappa shape index (κ2) is 8.10. The molecule has 1 aliphatic carbocycles. The molecule has 0 aliphatic heterocycles. The Balaban J connectivity index is 2.45. The van der Waals surface area contributed by atoms with E-state index in [4.69, 9.17) is 0 Å². The van der Waals surface area contributed by atoms with Crippen LogP contribution in [0, 0.1) is 5.92 Å². The highest BCUT2D eigenvalue weighted by molar-refractivity contribution is 4.79. The molecule has 0 saturated heterocycles. The predicted octanol–water partition coefficient (Wildman–Crippen LogP) is 3.44. The van der Waals surface area contributed by atoms with Crippen LogP contribution in [0.15, 0.2) is 0 Å². The monoisotopic (exact) mass is 241 g/mol. The first kappa shape index (κ1) is 15.0. The summed E-state index contributed by atoms with van der Waals surface area (Å²) in [4.78, 5) is 2.60. The third kappa shape index (κ3) is 4.97. The van der Waals surface area contributed by atoms with Crippen LogP contribution in [0.1, 0.15) is 65.7 Å². The first-order valence-corrected chi connectivity index (χ1v) is 7.61. The SMILES string of the molecule is CCCCN(CC1CCCCC1O)C(C)CC. The molecule has 0 spiro atoms. The summed E-state index contributed by atoms with van der Waals surface area (Å²) < 4.78 is 0. The summed E-state index contributed by atoms with van der Waals surface area (Å²) in [7, 11) is 0. The minimum Gasteiger partial charge on any atom is -0.393 e. The summed E-state index contributed by atoms with van der Waals surface area (Å²) in [5.41, 5.74) is 0. The lowest BCUT2D eigenvalue weighted by atomic mass is 9.86. The molecule has 0 radical (unpaired) electrons. The lowest BCUT2D eigenvalue weighted by molar-refractivity contribution is 0.0370. The van der Waals surface area contributed by atoms with Crippen LogP contribution in [-0.4, -0.2) is 35.2 Å². The number of unbranched alkanes of at least 4 members (excludes halogenated alkanes) is 1. The molecular formula is C15H31NO. The maximum Gasteiger partial charge on any atom is 0.0580 e. The Bertz CT molecular complexity index is 195. The zero-order valence-corrected chi connectivity index (χ0v) is 12.0. The fraction of sp³-hybridized carbons (Fsp3) is 1.00. The van der Waals surface area contributed by atoms with Crippen molar-refractivity contribution in [2.24, 2.45) is 5.92 Å². The molecule has 0 aromatic rings. The fourth-order valence-electron chi connectivity index (χ4n) is 2.81. The van der Waals surface area contributed by atoms with E-state index >= 15 is 0 Å². The van der Waals surface area contributed by atoms with Gasteiger partial charge in [-0.05, 0) is 45.1 Å². The average molecular weight is 241 g/mol. The standard InChI is InChI=1S/C15H31NO/c1-4-6-11-16(13(3)5-2)12-14-9-7-8-10-15(14)17/h13-15,17H,4-12H2,1-3H3. The van der Waals surface area contributed by atoms with Crippen molar-refractivity contribution in [3.05, 3.63) is 0 Å². The van der Waals surface area contributed by atoms with Crippen molar-refractivity contribution in [3.8, 4) is 0 Å². The number of hydrogen-bond donors (Lipinski definition) is 1. The number of aliphatic hydroxyl groups is 1. The number of hydrogen-bond acceptors (Lipinski definition) is 2. The first-order valence-electron chi connectivity index (χ1n) is 7.61. The molecule has 2 nitrogen and oxygen atoms in total. The third-order valence-electron chi connectivity index (χ3n) is 4.35. The third-order valence-corrected chi connectivity index (χ3v) is 4.35. The molecule has 2 heteroatoms. The summed E-state index contributed by atoms with van der Waals surface area (Å²) in [5.74, 6) is 0.523. The van der Waals surface area contributed by atoms with E-state index in [9.17, 15) is 5.11 Å². The summed E-state index contributed by atoms with van der Waals surface area (Å²) in [6.07, 6.45) is 8.49. The summed E-state index contributed by atoms with van der Waals surface area (Å²) in [5, 5.41) is 10.1. The highest BCUT2D eigenvalue weighted by atomic mass is 16.3. The first-order chi connectivity index (χ1) is 8.19. The molecule has 0 aromatic carbocycles. The van der Waals surface area contributed by atoms with Crippen molar-refractivity contribution < 1.29 is 5.11 Å². The topological polar surface area (TPSA) is 23.5 Å². The quantitative estimate of drug-likeness (QED) is 0.738. The van der Waals surface area contributed by atoms with Gasteiger partial charge in [-0.15, -0.1) is 0 Å². The molecular weight excluding hydrogens is 210 g/mol. The molecule has 1 saturated carbocycles. The van der Waals surface area contributed by atoms with Gasteiger partial charge in [0, 0.05) is 12.6 Å². The molecule has 0 bridgehead atoms. The van der Waals surface area contributed by atoms with E-state index in [2.05, 4.69) is 25.7 Å².